The Kier molecular flexibility index (Phi) is 6.93. The summed E-state index contributed by atoms with van der Waals surface area (Å²) in [7, 11) is 0. The minimum atomic E-state index is -0.688. The highest BCUT2D eigenvalue weighted by atomic mass is 16.6. The van der Waals surface area contributed by atoms with Crippen LogP contribution < -0.4 is 21.3 Å². The van der Waals surface area contributed by atoms with E-state index in [-0.39, 0.29) is 30.5 Å². The van der Waals surface area contributed by atoms with Gasteiger partial charge in [0.15, 0.2) is 0 Å². The Morgan fingerprint density at radius 3 is 2.55 bits per heavy atom. The fourth-order valence-corrected chi connectivity index (χ4v) is 4.40. The molecule has 2 aromatic rings. The average molecular weight is 451 g/mol. The molecule has 1 atom stereocenters. The highest BCUT2D eigenvalue weighted by Gasteiger charge is 2.37. The van der Waals surface area contributed by atoms with Gasteiger partial charge < -0.3 is 21.1 Å². The third-order valence-electron chi connectivity index (χ3n) is 6.29. The van der Waals surface area contributed by atoms with E-state index in [4.69, 9.17) is 10.5 Å². The second-order valence-corrected chi connectivity index (χ2v) is 8.64. The van der Waals surface area contributed by atoms with Crippen LogP contribution in [0.15, 0.2) is 48.5 Å². The number of nitrogens with one attached hydrogen (secondary N) is 2. The van der Waals surface area contributed by atoms with E-state index in [1.807, 2.05) is 37.3 Å². The van der Waals surface area contributed by atoms with Crippen LogP contribution >= 0.6 is 0 Å². The van der Waals surface area contributed by atoms with Gasteiger partial charge in [-0.05, 0) is 55.9 Å². The van der Waals surface area contributed by atoms with Crippen molar-refractivity contribution in [3.63, 3.8) is 0 Å². The fraction of sp³-hybridized carbons (Fsp3) is 0.400. The van der Waals surface area contributed by atoms with Crippen LogP contribution in [-0.4, -0.2) is 36.0 Å². The standard InChI is InChI=1S/C25H30N4O4/c1-2-21-24(31)28-20-14-17(23(30)27-19-11-9-18(26)10-12-19)8-13-22(20)29(21)25(32)33-15-16-6-4-3-5-7-16/h3-8,13-14,18-19,21H,2,9-12,15,26H2,1H3,(H,27,30)(H,28,31). The fourth-order valence-electron chi connectivity index (χ4n) is 4.40. The number of anilines is 2. The number of carbonyl (C=O) groups is 3. The first kappa shape index (κ1) is 22.8. The van der Waals surface area contributed by atoms with Gasteiger partial charge in [0.2, 0.25) is 5.91 Å². The first-order valence-electron chi connectivity index (χ1n) is 11.5. The molecule has 33 heavy (non-hydrogen) atoms. The summed E-state index contributed by atoms with van der Waals surface area (Å²) < 4.78 is 5.51. The van der Waals surface area contributed by atoms with Crippen molar-refractivity contribution in [1.29, 1.82) is 0 Å². The van der Waals surface area contributed by atoms with Crippen LogP contribution in [0.2, 0.25) is 0 Å². The van der Waals surface area contributed by atoms with Crippen LogP contribution in [0.1, 0.15) is 54.9 Å². The zero-order valence-corrected chi connectivity index (χ0v) is 18.8. The molecular formula is C25H30N4O4. The highest BCUT2D eigenvalue weighted by Crippen LogP contribution is 2.34. The summed E-state index contributed by atoms with van der Waals surface area (Å²) in [6, 6.07) is 13.9. The zero-order valence-electron chi connectivity index (χ0n) is 18.8. The van der Waals surface area contributed by atoms with Crippen LogP contribution in [0.3, 0.4) is 0 Å². The predicted octanol–water partition coefficient (Wildman–Crippen LogP) is 3.56. The van der Waals surface area contributed by atoms with E-state index in [0.717, 1.165) is 31.2 Å². The molecule has 1 fully saturated rings. The molecule has 2 aromatic carbocycles. The van der Waals surface area contributed by atoms with E-state index in [9.17, 15) is 14.4 Å². The number of rotatable bonds is 5. The zero-order chi connectivity index (χ0) is 23.4. The van der Waals surface area contributed by atoms with E-state index >= 15 is 0 Å². The van der Waals surface area contributed by atoms with Crippen molar-refractivity contribution < 1.29 is 19.1 Å². The van der Waals surface area contributed by atoms with Crippen molar-refractivity contribution in [3.05, 3.63) is 59.7 Å². The quantitative estimate of drug-likeness (QED) is 0.645. The van der Waals surface area contributed by atoms with Crippen molar-refractivity contribution >= 4 is 29.3 Å². The molecule has 2 aliphatic rings. The molecule has 4 N–H and O–H groups in total. The maximum absolute atomic E-state index is 13.0. The van der Waals surface area contributed by atoms with Crippen LogP contribution in [0, 0.1) is 0 Å². The number of nitrogens with zero attached hydrogens (tertiary/aromatic N) is 1. The van der Waals surface area contributed by atoms with Crippen molar-refractivity contribution in [2.24, 2.45) is 5.73 Å². The molecule has 3 amide bonds. The molecule has 0 spiro atoms. The van der Waals surface area contributed by atoms with Crippen LogP contribution in [0.25, 0.3) is 0 Å². The molecule has 1 aliphatic heterocycles. The summed E-state index contributed by atoms with van der Waals surface area (Å²) in [6.45, 7) is 1.94. The van der Waals surface area contributed by atoms with Gasteiger partial charge in [0.1, 0.15) is 12.6 Å². The molecule has 1 unspecified atom stereocenters. The summed E-state index contributed by atoms with van der Waals surface area (Å²) in [5, 5.41) is 5.89. The number of hydrogen-bond acceptors (Lipinski definition) is 5. The van der Waals surface area contributed by atoms with Crippen LogP contribution in [0.5, 0.6) is 0 Å². The lowest BCUT2D eigenvalue weighted by Gasteiger charge is -2.35. The van der Waals surface area contributed by atoms with Crippen molar-refractivity contribution in [2.75, 3.05) is 10.2 Å². The molecule has 8 heteroatoms. The van der Waals surface area contributed by atoms with E-state index in [2.05, 4.69) is 10.6 Å². The largest absolute Gasteiger partial charge is 0.444 e. The minimum absolute atomic E-state index is 0.0943. The lowest BCUT2D eigenvalue weighted by molar-refractivity contribution is -0.117. The first-order chi connectivity index (χ1) is 16.0. The molecule has 1 saturated carbocycles. The molecule has 8 nitrogen and oxygen atoms in total. The normalized spacial score (nSPS) is 22.2. The number of benzene rings is 2. The Hall–Kier alpha value is -3.39. The lowest BCUT2D eigenvalue weighted by Crippen LogP contribution is -2.51. The maximum atomic E-state index is 13.0. The van der Waals surface area contributed by atoms with Gasteiger partial charge in [-0.15, -0.1) is 0 Å². The lowest BCUT2D eigenvalue weighted by atomic mass is 9.91. The minimum Gasteiger partial charge on any atom is -0.444 e. The topological polar surface area (TPSA) is 114 Å². The summed E-state index contributed by atoms with van der Waals surface area (Å²) in [6.07, 6.45) is 3.32. The Morgan fingerprint density at radius 1 is 1.12 bits per heavy atom. The maximum Gasteiger partial charge on any atom is 0.415 e. The molecule has 0 bridgehead atoms. The van der Waals surface area contributed by atoms with E-state index < -0.39 is 12.1 Å². The van der Waals surface area contributed by atoms with Crippen LogP contribution in [-0.2, 0) is 16.1 Å². The van der Waals surface area contributed by atoms with E-state index in [1.165, 1.54) is 4.90 Å². The molecule has 174 valence electrons. The van der Waals surface area contributed by atoms with Gasteiger partial charge in [-0.1, -0.05) is 37.3 Å². The third-order valence-corrected chi connectivity index (χ3v) is 6.29. The highest BCUT2D eigenvalue weighted by molar-refractivity contribution is 6.11. The number of hydrogen-bond donors (Lipinski definition) is 3. The van der Waals surface area contributed by atoms with Gasteiger partial charge in [-0.3, -0.25) is 14.5 Å². The van der Waals surface area contributed by atoms with E-state index in [0.29, 0.717) is 23.4 Å². The molecule has 0 radical (unpaired) electrons. The van der Waals surface area contributed by atoms with Gasteiger partial charge in [0.25, 0.3) is 5.91 Å². The van der Waals surface area contributed by atoms with Gasteiger partial charge >= 0.3 is 6.09 Å². The van der Waals surface area contributed by atoms with Crippen molar-refractivity contribution in [1.82, 2.24) is 5.32 Å². The second-order valence-electron chi connectivity index (χ2n) is 8.64. The van der Waals surface area contributed by atoms with Gasteiger partial charge in [-0.25, -0.2) is 4.79 Å². The number of fused-ring (bicyclic) bond motifs is 1. The van der Waals surface area contributed by atoms with E-state index in [1.54, 1.807) is 18.2 Å². The number of amides is 3. The molecule has 0 saturated heterocycles. The first-order valence-corrected chi connectivity index (χ1v) is 11.5. The molecular weight excluding hydrogens is 420 g/mol. The Labute approximate surface area is 193 Å². The Morgan fingerprint density at radius 2 is 1.85 bits per heavy atom. The monoisotopic (exact) mass is 450 g/mol. The molecule has 0 aromatic heterocycles. The third kappa shape index (κ3) is 5.17. The van der Waals surface area contributed by atoms with Crippen LogP contribution in [0.4, 0.5) is 16.2 Å². The van der Waals surface area contributed by atoms with Gasteiger partial charge in [0.05, 0.1) is 11.4 Å². The number of ether oxygens (including phenoxy) is 1. The second kappa shape index (κ2) is 10.0. The Bertz CT molecular complexity index is 1020. The summed E-state index contributed by atoms with van der Waals surface area (Å²) in [4.78, 5) is 39.9. The SMILES string of the molecule is CCC1C(=O)Nc2cc(C(=O)NC3CCC(N)CC3)ccc2N1C(=O)OCc1ccccc1. The Balaban J connectivity index is 1.51. The van der Waals surface area contributed by atoms with Crippen molar-refractivity contribution in [2.45, 2.75) is 63.8 Å². The van der Waals surface area contributed by atoms with Gasteiger partial charge in [0, 0.05) is 17.6 Å². The summed E-state index contributed by atoms with van der Waals surface area (Å²) >= 11 is 0. The predicted molar refractivity (Wildman–Crippen MR) is 126 cm³/mol. The molecule has 1 heterocycles. The number of nitrogens with two attached hydrogens (primary N) is 1. The molecule has 4 rings (SSSR count). The van der Waals surface area contributed by atoms with Crippen molar-refractivity contribution in [3.8, 4) is 0 Å². The van der Waals surface area contributed by atoms with Gasteiger partial charge in [-0.2, -0.15) is 0 Å². The molecule has 1 aliphatic carbocycles. The number of carbonyl (C=O) groups excluding carboxylic acids is 3. The smallest absolute Gasteiger partial charge is 0.415 e. The summed E-state index contributed by atoms with van der Waals surface area (Å²) in [5.41, 5.74) is 8.16. The summed E-state index contributed by atoms with van der Waals surface area (Å²) in [5.74, 6) is -0.510. The average Bonchev–Trinajstić information content (AvgIpc) is 2.83.